The average Bonchev–Trinajstić information content (AvgIpc) is 3.15. The van der Waals surface area contributed by atoms with E-state index in [0.29, 0.717) is 5.75 Å². The molecule has 3 heterocycles. The van der Waals surface area contributed by atoms with E-state index < -0.39 is 0 Å². The van der Waals surface area contributed by atoms with Crippen LogP contribution in [-0.2, 0) is 0 Å². The van der Waals surface area contributed by atoms with Gasteiger partial charge in [0.2, 0.25) is 0 Å². The number of benzene rings is 1. The van der Waals surface area contributed by atoms with Gasteiger partial charge in [-0.05, 0) is 24.4 Å². The van der Waals surface area contributed by atoms with Crippen LogP contribution < -0.4 is 0 Å². The maximum Gasteiger partial charge on any atom is 0.175 e. The van der Waals surface area contributed by atoms with E-state index in [4.69, 9.17) is 0 Å². The fraction of sp³-hybridized carbons (Fsp3) is 0.118. The van der Waals surface area contributed by atoms with E-state index in [1.807, 2.05) is 42.6 Å². The third-order valence-corrected chi connectivity index (χ3v) is 5.75. The quantitative estimate of drug-likeness (QED) is 0.339. The van der Waals surface area contributed by atoms with Crippen LogP contribution in [-0.4, -0.2) is 26.5 Å². The van der Waals surface area contributed by atoms with Crippen LogP contribution in [0.15, 0.2) is 47.1 Å². The lowest BCUT2D eigenvalue weighted by molar-refractivity contribution is 0.102. The van der Waals surface area contributed by atoms with Gasteiger partial charge in [-0.15, -0.1) is 11.3 Å². The fourth-order valence-corrected chi connectivity index (χ4v) is 4.53. The zero-order chi connectivity index (χ0) is 15.8. The van der Waals surface area contributed by atoms with Crippen LogP contribution in [0.4, 0.5) is 0 Å². The molecule has 1 aromatic carbocycles. The minimum atomic E-state index is 0.119. The first-order valence-corrected chi connectivity index (χ1v) is 9.02. The molecular formula is C17H13N3OS2. The number of thiophene rings is 1. The highest BCUT2D eigenvalue weighted by molar-refractivity contribution is 8.00. The Kier molecular flexibility index (Phi) is 3.63. The van der Waals surface area contributed by atoms with Crippen molar-refractivity contribution in [2.75, 3.05) is 5.75 Å². The second-order valence-electron chi connectivity index (χ2n) is 5.20. The summed E-state index contributed by atoms with van der Waals surface area (Å²) in [5, 5.41) is 3.85. The van der Waals surface area contributed by atoms with Crippen molar-refractivity contribution >= 4 is 50.0 Å². The van der Waals surface area contributed by atoms with Crippen molar-refractivity contribution in [2.24, 2.45) is 0 Å². The van der Waals surface area contributed by atoms with Crippen LogP contribution in [0, 0.1) is 6.92 Å². The smallest absolute Gasteiger partial charge is 0.175 e. The molecule has 0 saturated carbocycles. The Morgan fingerprint density at radius 1 is 1.26 bits per heavy atom. The van der Waals surface area contributed by atoms with Crippen molar-refractivity contribution in [3.8, 4) is 0 Å². The lowest BCUT2D eigenvalue weighted by Crippen LogP contribution is -2.04. The van der Waals surface area contributed by atoms with Gasteiger partial charge in [-0.2, -0.15) is 0 Å². The first-order chi connectivity index (χ1) is 11.2. The Morgan fingerprint density at radius 3 is 3.04 bits per heavy atom. The summed E-state index contributed by atoms with van der Waals surface area (Å²) in [5.41, 5.74) is 3.63. The Balaban J connectivity index is 1.63. The molecule has 4 nitrogen and oxygen atoms in total. The van der Waals surface area contributed by atoms with Crippen molar-refractivity contribution in [1.82, 2.24) is 15.0 Å². The Morgan fingerprint density at radius 2 is 2.13 bits per heavy atom. The van der Waals surface area contributed by atoms with Gasteiger partial charge in [-0.3, -0.25) is 4.79 Å². The zero-order valence-corrected chi connectivity index (χ0v) is 14.0. The van der Waals surface area contributed by atoms with E-state index in [0.717, 1.165) is 37.4 Å². The Hall–Kier alpha value is -2.18. The number of aromatic amines is 1. The summed E-state index contributed by atoms with van der Waals surface area (Å²) in [4.78, 5) is 24.5. The van der Waals surface area contributed by atoms with Gasteiger partial charge in [-0.25, -0.2) is 9.97 Å². The topological polar surface area (TPSA) is 58.6 Å². The standard InChI is InChI=1S/C17H13N3OS2/c1-10-15(11-4-2-3-5-12(11)20-10)14(21)8-23-17-16-13(6-7-22-16)18-9-19-17/h2-7,9,20H,8H2,1H3. The molecule has 0 saturated heterocycles. The predicted octanol–water partition coefficient (Wildman–Crippen LogP) is 4.46. The molecule has 1 N–H and O–H groups in total. The number of hydrogen-bond donors (Lipinski definition) is 1. The van der Waals surface area contributed by atoms with Crippen LogP contribution in [0.3, 0.4) is 0 Å². The van der Waals surface area contributed by atoms with Crippen LogP contribution in [0.1, 0.15) is 16.1 Å². The summed E-state index contributed by atoms with van der Waals surface area (Å²) >= 11 is 3.08. The second kappa shape index (κ2) is 5.79. The Labute approximate surface area is 141 Å². The van der Waals surface area contributed by atoms with Gasteiger partial charge >= 0.3 is 0 Å². The zero-order valence-electron chi connectivity index (χ0n) is 12.4. The predicted molar refractivity (Wildman–Crippen MR) is 95.5 cm³/mol. The number of aryl methyl sites for hydroxylation is 1. The lowest BCUT2D eigenvalue weighted by atomic mass is 10.1. The monoisotopic (exact) mass is 339 g/mol. The summed E-state index contributed by atoms with van der Waals surface area (Å²) in [5.74, 6) is 0.487. The number of hydrogen-bond acceptors (Lipinski definition) is 5. The lowest BCUT2D eigenvalue weighted by Gasteiger charge is -2.02. The Bertz CT molecular complexity index is 1020. The minimum absolute atomic E-state index is 0.119. The first-order valence-electron chi connectivity index (χ1n) is 7.15. The third-order valence-electron chi connectivity index (χ3n) is 3.72. The van der Waals surface area contributed by atoms with E-state index in [2.05, 4.69) is 15.0 Å². The summed E-state index contributed by atoms with van der Waals surface area (Å²) in [6, 6.07) is 9.87. The summed E-state index contributed by atoms with van der Waals surface area (Å²) in [6.45, 7) is 1.94. The molecule has 4 aromatic rings. The molecule has 0 unspecified atom stereocenters. The number of nitrogens with zero attached hydrogens (tertiary/aromatic N) is 2. The van der Waals surface area contributed by atoms with E-state index in [1.165, 1.54) is 11.8 Å². The summed E-state index contributed by atoms with van der Waals surface area (Å²) in [7, 11) is 0. The third kappa shape index (κ3) is 2.54. The number of Topliss-reactive ketones (excluding diaryl/α,β-unsaturated/α-hetero) is 1. The van der Waals surface area contributed by atoms with Crippen LogP contribution >= 0.6 is 23.1 Å². The number of rotatable bonds is 4. The second-order valence-corrected chi connectivity index (χ2v) is 7.08. The largest absolute Gasteiger partial charge is 0.358 e. The molecule has 0 fully saturated rings. The van der Waals surface area contributed by atoms with Crippen LogP contribution in [0.5, 0.6) is 0 Å². The maximum absolute atomic E-state index is 12.7. The average molecular weight is 339 g/mol. The highest BCUT2D eigenvalue weighted by Crippen LogP contribution is 2.30. The number of para-hydroxylation sites is 1. The van der Waals surface area contributed by atoms with Gasteiger partial charge < -0.3 is 4.98 Å². The molecule has 0 amide bonds. The number of ketones is 1. The van der Waals surface area contributed by atoms with Crippen LogP contribution in [0.2, 0.25) is 0 Å². The minimum Gasteiger partial charge on any atom is -0.358 e. The van der Waals surface area contributed by atoms with Crippen molar-refractivity contribution in [1.29, 1.82) is 0 Å². The number of H-pyrrole nitrogens is 1. The van der Waals surface area contributed by atoms with Gasteiger partial charge in [-0.1, -0.05) is 30.0 Å². The first kappa shape index (κ1) is 14.4. The molecule has 0 bridgehead atoms. The van der Waals surface area contributed by atoms with E-state index >= 15 is 0 Å². The molecular weight excluding hydrogens is 326 g/mol. The number of fused-ring (bicyclic) bond motifs is 2. The van der Waals surface area contributed by atoms with Crippen molar-refractivity contribution in [3.05, 3.63) is 53.3 Å². The highest BCUT2D eigenvalue weighted by Gasteiger charge is 2.17. The molecule has 6 heteroatoms. The molecule has 0 aliphatic heterocycles. The van der Waals surface area contributed by atoms with Crippen molar-refractivity contribution < 1.29 is 4.79 Å². The highest BCUT2D eigenvalue weighted by atomic mass is 32.2. The van der Waals surface area contributed by atoms with Gasteiger partial charge in [0, 0.05) is 22.2 Å². The molecule has 23 heavy (non-hydrogen) atoms. The molecule has 0 aliphatic carbocycles. The molecule has 0 radical (unpaired) electrons. The van der Waals surface area contributed by atoms with Crippen molar-refractivity contribution in [2.45, 2.75) is 11.9 Å². The maximum atomic E-state index is 12.7. The van der Waals surface area contributed by atoms with Gasteiger partial charge in [0.15, 0.2) is 5.78 Å². The van der Waals surface area contributed by atoms with E-state index in [9.17, 15) is 4.79 Å². The van der Waals surface area contributed by atoms with Gasteiger partial charge in [0.1, 0.15) is 11.4 Å². The normalized spacial score (nSPS) is 11.3. The summed E-state index contributed by atoms with van der Waals surface area (Å²) < 4.78 is 1.04. The van der Waals surface area contributed by atoms with Crippen LogP contribution in [0.25, 0.3) is 21.1 Å². The van der Waals surface area contributed by atoms with Gasteiger partial charge in [0.05, 0.1) is 16.0 Å². The number of nitrogens with one attached hydrogen (secondary N) is 1. The van der Waals surface area contributed by atoms with Crippen molar-refractivity contribution in [3.63, 3.8) is 0 Å². The number of thioether (sulfide) groups is 1. The molecule has 0 spiro atoms. The van der Waals surface area contributed by atoms with E-state index in [-0.39, 0.29) is 5.78 Å². The molecule has 0 atom stereocenters. The summed E-state index contributed by atoms with van der Waals surface area (Å²) in [6.07, 6.45) is 1.55. The number of carbonyl (C=O) groups excluding carboxylic acids is 1. The molecule has 3 aromatic heterocycles. The fourth-order valence-electron chi connectivity index (χ4n) is 2.71. The molecule has 0 aliphatic rings. The SMILES string of the molecule is Cc1[nH]c2ccccc2c1C(=O)CSc1ncnc2ccsc12. The van der Waals surface area contributed by atoms with E-state index in [1.54, 1.807) is 17.7 Å². The van der Waals surface area contributed by atoms with Gasteiger partial charge in [0.25, 0.3) is 0 Å². The number of aromatic nitrogens is 3. The molecule has 4 rings (SSSR count). The number of carbonyl (C=O) groups is 1. The molecule has 114 valence electrons.